The van der Waals surface area contributed by atoms with Crippen LogP contribution in [0.2, 0.25) is 0 Å². The predicted molar refractivity (Wildman–Crippen MR) is 136 cm³/mol. The third-order valence-electron chi connectivity index (χ3n) is 5.54. The summed E-state index contributed by atoms with van der Waals surface area (Å²) >= 11 is 0. The van der Waals surface area contributed by atoms with Crippen LogP contribution in [-0.2, 0) is 21.2 Å². The summed E-state index contributed by atoms with van der Waals surface area (Å²) in [5.41, 5.74) is 5.10. The van der Waals surface area contributed by atoms with Gasteiger partial charge in [0.2, 0.25) is 10.0 Å². The van der Waals surface area contributed by atoms with Crippen molar-refractivity contribution in [2.45, 2.75) is 38.1 Å². The highest BCUT2D eigenvalue weighted by Gasteiger charge is 2.28. The van der Waals surface area contributed by atoms with Gasteiger partial charge in [0, 0.05) is 12.7 Å². The van der Waals surface area contributed by atoms with Crippen molar-refractivity contribution in [1.29, 1.82) is 0 Å². The van der Waals surface area contributed by atoms with Gasteiger partial charge in [-0.25, -0.2) is 13.2 Å². The molecule has 0 unspecified atom stereocenters. The zero-order valence-corrected chi connectivity index (χ0v) is 20.9. The Labute approximate surface area is 205 Å². The molecule has 4 N–H and O–H groups in total. The van der Waals surface area contributed by atoms with E-state index >= 15 is 0 Å². The monoisotopic (exact) mass is 495 g/mol. The predicted octanol–water partition coefficient (Wildman–Crippen LogP) is 4.00. The molecule has 0 aliphatic rings. The average molecular weight is 496 g/mol. The number of amides is 2. The zero-order valence-electron chi connectivity index (χ0n) is 20.0. The van der Waals surface area contributed by atoms with Crippen LogP contribution < -0.4 is 15.4 Å². The van der Waals surface area contributed by atoms with Crippen molar-refractivity contribution in [2.24, 2.45) is 0 Å². The highest BCUT2D eigenvalue weighted by atomic mass is 32.2. The van der Waals surface area contributed by atoms with E-state index in [0.717, 1.165) is 16.7 Å². The molecule has 0 aromatic heterocycles. The van der Waals surface area contributed by atoms with Crippen LogP contribution in [0.5, 0.6) is 0 Å². The van der Waals surface area contributed by atoms with E-state index in [0.29, 0.717) is 22.4 Å². The van der Waals surface area contributed by atoms with Gasteiger partial charge < -0.3 is 15.7 Å². The second-order valence-corrected chi connectivity index (χ2v) is 10.1. The number of benzene rings is 3. The standard InChI is InChI=1S/C26H29N3O5S/c1-16-12-17(2)24(18(3)13-16)35(33,34)29-23(25(30)31)14-19-8-10-20(11-9-19)21-6-5-7-22(15-21)28-26(32)27-4/h5-13,15,23,29H,14H2,1-4H3,(H,30,31)(H2,27,28,32)/t23-/m1/s1. The van der Waals surface area contributed by atoms with Crippen molar-refractivity contribution in [3.63, 3.8) is 0 Å². The number of anilines is 1. The molecule has 184 valence electrons. The third-order valence-corrected chi connectivity index (χ3v) is 7.32. The van der Waals surface area contributed by atoms with Crippen LogP contribution in [-0.4, -0.2) is 38.6 Å². The van der Waals surface area contributed by atoms with Gasteiger partial charge in [0.05, 0.1) is 4.90 Å². The largest absolute Gasteiger partial charge is 0.480 e. The summed E-state index contributed by atoms with van der Waals surface area (Å²) in [5.74, 6) is -1.26. The molecule has 0 fully saturated rings. The number of carboxylic acid groups (broad SMARTS) is 1. The lowest BCUT2D eigenvalue weighted by Crippen LogP contribution is -2.42. The maximum absolute atomic E-state index is 13.1. The lowest BCUT2D eigenvalue weighted by Gasteiger charge is -2.18. The highest BCUT2D eigenvalue weighted by molar-refractivity contribution is 7.89. The number of nitrogens with one attached hydrogen (secondary N) is 3. The Hall–Kier alpha value is -3.69. The van der Waals surface area contributed by atoms with Crippen molar-refractivity contribution in [1.82, 2.24) is 10.0 Å². The lowest BCUT2D eigenvalue weighted by molar-refractivity contribution is -0.138. The van der Waals surface area contributed by atoms with Crippen molar-refractivity contribution < 1.29 is 23.1 Å². The Morgan fingerprint density at radius 3 is 2.11 bits per heavy atom. The van der Waals surface area contributed by atoms with Crippen LogP contribution in [0.4, 0.5) is 10.5 Å². The van der Waals surface area contributed by atoms with Crippen molar-refractivity contribution >= 4 is 27.7 Å². The molecule has 3 rings (SSSR count). The first kappa shape index (κ1) is 25.9. The summed E-state index contributed by atoms with van der Waals surface area (Å²) in [7, 11) is -2.51. The summed E-state index contributed by atoms with van der Waals surface area (Å²) < 4.78 is 28.5. The molecule has 0 aliphatic heterocycles. The number of aliphatic carboxylic acids is 1. The molecule has 0 bridgehead atoms. The molecule has 0 spiro atoms. The molecule has 0 aliphatic carbocycles. The summed E-state index contributed by atoms with van der Waals surface area (Å²) in [6.07, 6.45) is -0.0168. The number of hydrogen-bond acceptors (Lipinski definition) is 4. The Morgan fingerprint density at radius 2 is 1.54 bits per heavy atom. The number of sulfonamides is 1. The number of carboxylic acids is 1. The first-order valence-corrected chi connectivity index (χ1v) is 12.5. The summed E-state index contributed by atoms with van der Waals surface area (Å²) in [6, 6.07) is 16.4. The molecule has 2 amide bonds. The molecule has 9 heteroatoms. The second-order valence-electron chi connectivity index (χ2n) is 8.43. The Morgan fingerprint density at radius 1 is 0.914 bits per heavy atom. The fourth-order valence-corrected chi connectivity index (χ4v) is 5.70. The normalized spacial score (nSPS) is 12.1. The minimum atomic E-state index is -4.04. The maximum Gasteiger partial charge on any atom is 0.322 e. The van der Waals surface area contributed by atoms with Crippen LogP contribution in [0.3, 0.4) is 0 Å². The van der Waals surface area contributed by atoms with Gasteiger partial charge in [-0.15, -0.1) is 0 Å². The first-order chi connectivity index (χ1) is 16.5. The van der Waals surface area contributed by atoms with Crippen LogP contribution in [0, 0.1) is 20.8 Å². The molecular weight excluding hydrogens is 466 g/mol. The van der Waals surface area contributed by atoms with E-state index in [9.17, 15) is 23.1 Å². The quantitative estimate of drug-likeness (QED) is 0.376. The molecule has 35 heavy (non-hydrogen) atoms. The van der Waals surface area contributed by atoms with Gasteiger partial charge in [-0.05, 0) is 67.1 Å². The molecule has 0 saturated carbocycles. The molecule has 1 atom stereocenters. The minimum absolute atomic E-state index is 0.0168. The summed E-state index contributed by atoms with van der Waals surface area (Å²) in [6.45, 7) is 5.27. The number of aryl methyl sites for hydroxylation is 3. The van der Waals surface area contributed by atoms with Gasteiger partial charge in [0.25, 0.3) is 0 Å². The van der Waals surface area contributed by atoms with Gasteiger partial charge in [0.1, 0.15) is 6.04 Å². The van der Waals surface area contributed by atoms with Gasteiger partial charge in [0.15, 0.2) is 0 Å². The van der Waals surface area contributed by atoms with E-state index in [2.05, 4.69) is 15.4 Å². The fourth-order valence-electron chi connectivity index (χ4n) is 4.06. The van der Waals surface area contributed by atoms with Crippen LogP contribution >= 0.6 is 0 Å². The van der Waals surface area contributed by atoms with E-state index in [4.69, 9.17) is 0 Å². The Balaban J connectivity index is 1.79. The minimum Gasteiger partial charge on any atom is -0.480 e. The first-order valence-electron chi connectivity index (χ1n) is 11.0. The van der Waals surface area contributed by atoms with E-state index in [1.807, 2.05) is 37.3 Å². The SMILES string of the molecule is CNC(=O)Nc1cccc(-c2ccc(C[C@@H](NS(=O)(=O)c3c(C)cc(C)cc3C)C(=O)O)cc2)c1. The number of urea groups is 1. The fraction of sp³-hybridized carbons (Fsp3) is 0.231. The second kappa shape index (κ2) is 10.7. The third kappa shape index (κ3) is 6.46. The molecule has 0 radical (unpaired) electrons. The van der Waals surface area contributed by atoms with Crippen molar-refractivity contribution in [3.05, 3.63) is 82.9 Å². The number of carbonyl (C=O) groups excluding carboxylic acids is 1. The topological polar surface area (TPSA) is 125 Å². The van der Waals surface area contributed by atoms with E-state index < -0.39 is 22.0 Å². The number of rotatable bonds is 8. The molecule has 8 nitrogen and oxygen atoms in total. The lowest BCUT2D eigenvalue weighted by atomic mass is 10.0. The smallest absolute Gasteiger partial charge is 0.322 e. The van der Waals surface area contributed by atoms with Crippen LogP contribution in [0.15, 0.2) is 65.6 Å². The molecule has 0 saturated heterocycles. The van der Waals surface area contributed by atoms with Crippen molar-refractivity contribution in [2.75, 3.05) is 12.4 Å². The molecular formula is C26H29N3O5S. The average Bonchev–Trinajstić information content (AvgIpc) is 2.78. The maximum atomic E-state index is 13.1. The van der Waals surface area contributed by atoms with Gasteiger partial charge >= 0.3 is 12.0 Å². The zero-order chi connectivity index (χ0) is 25.8. The number of carbonyl (C=O) groups is 2. The van der Waals surface area contributed by atoms with E-state index in [1.165, 1.54) is 7.05 Å². The van der Waals surface area contributed by atoms with Gasteiger partial charge in [-0.3, -0.25) is 4.79 Å². The molecule has 0 heterocycles. The number of hydrogen-bond donors (Lipinski definition) is 4. The van der Waals surface area contributed by atoms with Crippen LogP contribution in [0.1, 0.15) is 22.3 Å². The van der Waals surface area contributed by atoms with E-state index in [-0.39, 0.29) is 17.3 Å². The van der Waals surface area contributed by atoms with Gasteiger partial charge in [-0.2, -0.15) is 4.72 Å². The van der Waals surface area contributed by atoms with Crippen LogP contribution in [0.25, 0.3) is 11.1 Å². The Kier molecular flexibility index (Phi) is 7.93. The van der Waals surface area contributed by atoms with E-state index in [1.54, 1.807) is 44.2 Å². The van der Waals surface area contributed by atoms with Gasteiger partial charge in [-0.1, -0.05) is 54.1 Å². The molecule has 3 aromatic rings. The summed E-state index contributed by atoms with van der Waals surface area (Å²) in [5, 5.41) is 14.9. The highest BCUT2D eigenvalue weighted by Crippen LogP contribution is 2.25. The van der Waals surface area contributed by atoms with Crippen molar-refractivity contribution in [3.8, 4) is 11.1 Å². The Bertz CT molecular complexity index is 1330. The summed E-state index contributed by atoms with van der Waals surface area (Å²) in [4.78, 5) is 23.6. The molecule has 3 aromatic carbocycles.